The average molecular weight is 283 g/mol. The van der Waals surface area contributed by atoms with E-state index in [1.807, 2.05) is 0 Å². The topological polar surface area (TPSA) is 42.2 Å². The van der Waals surface area contributed by atoms with Gasteiger partial charge in [0.05, 0.1) is 5.56 Å². The van der Waals surface area contributed by atoms with Gasteiger partial charge in [-0.3, -0.25) is 0 Å². The van der Waals surface area contributed by atoms with Crippen LogP contribution in [0.25, 0.3) is 11.5 Å². The third-order valence-corrected chi connectivity index (χ3v) is 3.36. The second-order valence-electron chi connectivity index (χ2n) is 4.67. The van der Waals surface area contributed by atoms with Gasteiger partial charge in [0.15, 0.2) is 0 Å². The average Bonchev–Trinajstić information content (AvgIpc) is 3.10. The lowest BCUT2D eigenvalue weighted by Crippen LogP contribution is -2.22. The lowest BCUT2D eigenvalue weighted by Gasteiger charge is -2.23. The third kappa shape index (κ3) is 2.35. The molecular weight excluding hydrogens is 271 g/mol. The number of hydrogen-bond donors (Lipinski definition) is 0. The van der Waals surface area contributed by atoms with Gasteiger partial charge in [-0.1, -0.05) is 0 Å². The Labute approximate surface area is 113 Å². The van der Waals surface area contributed by atoms with Crippen molar-refractivity contribution in [3.8, 4) is 11.5 Å². The first-order chi connectivity index (χ1) is 9.55. The molecule has 0 unspecified atom stereocenters. The van der Waals surface area contributed by atoms with Crippen molar-refractivity contribution in [2.75, 3.05) is 18.0 Å². The van der Waals surface area contributed by atoms with E-state index < -0.39 is 11.7 Å². The Bertz CT molecular complexity index is 589. The molecule has 0 amide bonds. The molecule has 106 valence electrons. The van der Waals surface area contributed by atoms with Gasteiger partial charge >= 0.3 is 6.18 Å². The summed E-state index contributed by atoms with van der Waals surface area (Å²) < 4.78 is 44.3. The summed E-state index contributed by atoms with van der Waals surface area (Å²) in [5, 5.41) is 7.27. The molecule has 20 heavy (non-hydrogen) atoms. The van der Waals surface area contributed by atoms with Crippen LogP contribution in [0.5, 0.6) is 0 Å². The number of nitrogens with zero attached hydrogens (tertiary/aromatic N) is 3. The maximum Gasteiger partial charge on any atom is 0.418 e. The molecular formula is C13H12F3N3O. The van der Waals surface area contributed by atoms with Crippen LogP contribution in [0.15, 0.2) is 29.0 Å². The van der Waals surface area contributed by atoms with Crippen LogP contribution in [0.2, 0.25) is 0 Å². The maximum absolute atomic E-state index is 13.1. The highest BCUT2D eigenvalue weighted by atomic mass is 19.4. The Morgan fingerprint density at radius 2 is 1.90 bits per heavy atom. The Hall–Kier alpha value is -2.05. The number of halogens is 3. The molecule has 1 fully saturated rings. The first-order valence-corrected chi connectivity index (χ1v) is 6.28. The number of aromatic nitrogens is 2. The quantitative estimate of drug-likeness (QED) is 0.847. The first kappa shape index (κ1) is 13.0. The second kappa shape index (κ2) is 4.81. The van der Waals surface area contributed by atoms with Crippen LogP contribution >= 0.6 is 0 Å². The van der Waals surface area contributed by atoms with Gasteiger partial charge in [-0.2, -0.15) is 13.2 Å². The number of rotatable bonds is 2. The predicted octanol–water partition coefficient (Wildman–Crippen LogP) is 3.36. The molecule has 3 rings (SSSR count). The Balaban J connectivity index is 2.08. The molecule has 0 atom stereocenters. The molecule has 0 saturated carbocycles. The SMILES string of the molecule is FC(F)(F)c1ccc(-c2nnco2)cc1N1CCCC1. The molecule has 2 aromatic rings. The number of benzene rings is 1. The Kier molecular flexibility index (Phi) is 3.11. The van der Waals surface area contributed by atoms with Gasteiger partial charge < -0.3 is 9.32 Å². The van der Waals surface area contributed by atoms with Crippen molar-refractivity contribution in [3.05, 3.63) is 30.2 Å². The molecule has 1 aromatic heterocycles. The highest BCUT2D eigenvalue weighted by Gasteiger charge is 2.35. The van der Waals surface area contributed by atoms with E-state index in [2.05, 4.69) is 10.2 Å². The van der Waals surface area contributed by atoms with Gasteiger partial charge in [-0.15, -0.1) is 10.2 Å². The molecule has 0 spiro atoms. The molecule has 0 radical (unpaired) electrons. The third-order valence-electron chi connectivity index (χ3n) is 3.36. The molecule has 0 bridgehead atoms. The van der Waals surface area contributed by atoms with E-state index in [1.165, 1.54) is 12.1 Å². The first-order valence-electron chi connectivity index (χ1n) is 6.28. The molecule has 1 saturated heterocycles. The number of alkyl halides is 3. The van der Waals surface area contributed by atoms with Crippen LogP contribution in [0.3, 0.4) is 0 Å². The molecule has 1 aliphatic rings. The van der Waals surface area contributed by atoms with Crippen LogP contribution in [-0.2, 0) is 6.18 Å². The fourth-order valence-electron chi connectivity index (χ4n) is 2.42. The molecule has 2 heterocycles. The van der Waals surface area contributed by atoms with E-state index in [0.29, 0.717) is 18.7 Å². The van der Waals surface area contributed by atoms with Gasteiger partial charge in [0.1, 0.15) is 0 Å². The highest BCUT2D eigenvalue weighted by Crippen LogP contribution is 2.39. The fraction of sp³-hybridized carbons (Fsp3) is 0.385. The van der Waals surface area contributed by atoms with Gasteiger partial charge in [0.2, 0.25) is 12.3 Å². The summed E-state index contributed by atoms with van der Waals surface area (Å²) in [6.45, 7) is 1.27. The van der Waals surface area contributed by atoms with Crippen molar-refractivity contribution in [1.29, 1.82) is 0 Å². The Morgan fingerprint density at radius 3 is 2.50 bits per heavy atom. The van der Waals surface area contributed by atoms with Crippen molar-refractivity contribution in [2.45, 2.75) is 19.0 Å². The van der Waals surface area contributed by atoms with Crippen LogP contribution in [0.1, 0.15) is 18.4 Å². The van der Waals surface area contributed by atoms with Gasteiger partial charge in [0.25, 0.3) is 0 Å². The molecule has 4 nitrogen and oxygen atoms in total. The zero-order valence-electron chi connectivity index (χ0n) is 10.5. The van der Waals surface area contributed by atoms with E-state index in [4.69, 9.17) is 4.42 Å². The minimum atomic E-state index is -4.37. The van der Waals surface area contributed by atoms with E-state index >= 15 is 0 Å². The highest BCUT2D eigenvalue weighted by molar-refractivity contribution is 5.66. The lowest BCUT2D eigenvalue weighted by molar-refractivity contribution is -0.137. The summed E-state index contributed by atoms with van der Waals surface area (Å²) in [6, 6.07) is 3.91. The van der Waals surface area contributed by atoms with Crippen molar-refractivity contribution in [1.82, 2.24) is 10.2 Å². The van der Waals surface area contributed by atoms with Crippen molar-refractivity contribution >= 4 is 5.69 Å². The molecule has 1 aromatic carbocycles. The molecule has 0 aliphatic carbocycles. The summed E-state index contributed by atoms with van der Waals surface area (Å²) in [5.41, 5.74) is 0.0609. The summed E-state index contributed by atoms with van der Waals surface area (Å²) in [7, 11) is 0. The van der Waals surface area contributed by atoms with E-state index in [0.717, 1.165) is 25.3 Å². The van der Waals surface area contributed by atoms with Gasteiger partial charge in [-0.05, 0) is 31.0 Å². The molecule has 1 aliphatic heterocycles. The summed E-state index contributed by atoms with van der Waals surface area (Å²) in [5.74, 6) is 0.221. The molecule has 0 N–H and O–H groups in total. The van der Waals surface area contributed by atoms with Crippen molar-refractivity contribution in [2.24, 2.45) is 0 Å². The summed E-state index contributed by atoms with van der Waals surface area (Å²) in [6.07, 6.45) is -1.40. The second-order valence-corrected chi connectivity index (χ2v) is 4.67. The summed E-state index contributed by atoms with van der Waals surface area (Å²) >= 11 is 0. The van der Waals surface area contributed by atoms with Crippen LogP contribution in [0, 0.1) is 0 Å². The molecule has 7 heteroatoms. The standard InChI is InChI=1S/C13H12F3N3O/c14-13(15,16)10-4-3-9(12-18-17-8-20-12)7-11(10)19-5-1-2-6-19/h3-4,7-8H,1-2,5-6H2. The number of anilines is 1. The Morgan fingerprint density at radius 1 is 1.15 bits per heavy atom. The van der Waals surface area contributed by atoms with Gasteiger partial charge in [-0.25, -0.2) is 0 Å². The van der Waals surface area contributed by atoms with Gasteiger partial charge in [0, 0.05) is 24.3 Å². The lowest BCUT2D eigenvalue weighted by atomic mass is 10.1. The minimum Gasteiger partial charge on any atom is -0.423 e. The van der Waals surface area contributed by atoms with E-state index in [9.17, 15) is 13.2 Å². The predicted molar refractivity (Wildman–Crippen MR) is 66.2 cm³/mol. The minimum absolute atomic E-state index is 0.186. The normalized spacial score (nSPS) is 15.8. The van der Waals surface area contributed by atoms with Crippen LogP contribution in [-0.4, -0.2) is 23.3 Å². The smallest absolute Gasteiger partial charge is 0.418 e. The number of hydrogen-bond acceptors (Lipinski definition) is 4. The van der Waals surface area contributed by atoms with E-state index in [1.54, 1.807) is 4.90 Å². The van der Waals surface area contributed by atoms with Crippen LogP contribution < -0.4 is 4.90 Å². The monoisotopic (exact) mass is 283 g/mol. The van der Waals surface area contributed by atoms with Crippen molar-refractivity contribution in [3.63, 3.8) is 0 Å². The zero-order valence-corrected chi connectivity index (χ0v) is 10.5. The van der Waals surface area contributed by atoms with Crippen LogP contribution in [0.4, 0.5) is 18.9 Å². The van der Waals surface area contributed by atoms with E-state index in [-0.39, 0.29) is 11.6 Å². The summed E-state index contributed by atoms with van der Waals surface area (Å²) in [4.78, 5) is 1.75. The van der Waals surface area contributed by atoms with Crippen molar-refractivity contribution < 1.29 is 17.6 Å². The zero-order chi connectivity index (χ0) is 14.2. The maximum atomic E-state index is 13.1. The largest absolute Gasteiger partial charge is 0.423 e. The fourth-order valence-corrected chi connectivity index (χ4v) is 2.42.